The second kappa shape index (κ2) is 10.9. The van der Waals surface area contributed by atoms with E-state index in [1.165, 1.54) is 6.33 Å². The number of benzene rings is 1. The highest BCUT2D eigenvalue weighted by molar-refractivity contribution is 7.93. The van der Waals surface area contributed by atoms with Gasteiger partial charge in [-0.1, -0.05) is 30.9 Å². The molecule has 1 aromatic heterocycles. The van der Waals surface area contributed by atoms with Crippen molar-refractivity contribution in [2.45, 2.75) is 43.1 Å². The fourth-order valence-corrected chi connectivity index (χ4v) is 4.50. The molecule has 0 fully saturated rings. The number of aliphatic hydroxyl groups excluding tert-OH is 1. The molecule has 0 spiro atoms. The maximum atomic E-state index is 14.4. The number of nitrogens with two attached hydrogens (primary N) is 1. The van der Waals surface area contributed by atoms with Gasteiger partial charge in [-0.15, -0.1) is 0 Å². The monoisotopic (exact) mass is 451 g/mol. The number of aliphatic hydroxyl groups is 1. The summed E-state index contributed by atoms with van der Waals surface area (Å²) in [5, 5.41) is 12.5. The van der Waals surface area contributed by atoms with Crippen LogP contribution in [0.2, 0.25) is 5.02 Å². The largest absolute Gasteiger partial charge is 0.392 e. The first kappa shape index (κ1) is 22.8. The van der Waals surface area contributed by atoms with Crippen LogP contribution < -0.4 is 15.8 Å². The number of nitrogens with zero attached hydrogens (tertiary/aromatic N) is 2. The van der Waals surface area contributed by atoms with Crippen molar-refractivity contribution in [1.29, 1.82) is 0 Å². The predicted molar refractivity (Wildman–Crippen MR) is 109 cm³/mol. The Morgan fingerprint density at radius 2 is 2.04 bits per heavy atom. The van der Waals surface area contributed by atoms with Gasteiger partial charge >= 0.3 is 0 Å². The quantitative estimate of drug-likeness (QED) is 0.365. The van der Waals surface area contributed by atoms with Gasteiger partial charge in [0.2, 0.25) is 5.13 Å². The van der Waals surface area contributed by atoms with E-state index in [9.17, 15) is 17.9 Å². The second-order valence-electron chi connectivity index (χ2n) is 6.13. The van der Waals surface area contributed by atoms with E-state index in [4.69, 9.17) is 17.3 Å². The van der Waals surface area contributed by atoms with Gasteiger partial charge in [0, 0.05) is 24.6 Å². The van der Waals surface area contributed by atoms with Gasteiger partial charge in [0.25, 0.3) is 10.0 Å². The Hall–Kier alpha value is -1.53. The normalized spacial score (nSPS) is 12.7. The van der Waals surface area contributed by atoms with Crippen LogP contribution in [0.1, 0.15) is 32.1 Å². The number of anilines is 2. The highest BCUT2D eigenvalue weighted by atomic mass is 35.5. The smallest absolute Gasteiger partial charge is 0.266 e. The van der Waals surface area contributed by atoms with Gasteiger partial charge in [-0.2, -0.15) is 4.37 Å². The van der Waals surface area contributed by atoms with Crippen molar-refractivity contribution in [3.8, 4) is 0 Å². The summed E-state index contributed by atoms with van der Waals surface area (Å²) < 4.78 is 44.8. The van der Waals surface area contributed by atoms with Crippen LogP contribution in [0, 0.1) is 5.82 Å². The van der Waals surface area contributed by atoms with Crippen molar-refractivity contribution in [2.24, 2.45) is 5.73 Å². The van der Waals surface area contributed by atoms with Gasteiger partial charge in [-0.05, 0) is 25.0 Å². The van der Waals surface area contributed by atoms with Gasteiger partial charge in [0.15, 0.2) is 0 Å². The predicted octanol–water partition coefficient (Wildman–Crippen LogP) is 2.81. The van der Waals surface area contributed by atoms with Crippen LogP contribution in [0.5, 0.6) is 0 Å². The van der Waals surface area contributed by atoms with E-state index in [0.717, 1.165) is 49.3 Å². The topological polar surface area (TPSA) is 130 Å². The van der Waals surface area contributed by atoms with Crippen LogP contribution in [0.4, 0.5) is 15.2 Å². The minimum atomic E-state index is -4.16. The van der Waals surface area contributed by atoms with E-state index in [1.807, 2.05) is 0 Å². The Balaban J connectivity index is 1.87. The Labute approximate surface area is 172 Å². The summed E-state index contributed by atoms with van der Waals surface area (Å²) in [5.41, 5.74) is 5.67. The zero-order valence-electron chi connectivity index (χ0n) is 15.1. The van der Waals surface area contributed by atoms with Gasteiger partial charge in [0.1, 0.15) is 17.0 Å². The molecular formula is C16H23ClFN5O3S2. The maximum Gasteiger partial charge on any atom is 0.266 e. The molecule has 0 aliphatic carbocycles. The fraction of sp³-hybridized carbons (Fsp3) is 0.500. The summed E-state index contributed by atoms with van der Waals surface area (Å²) in [6.45, 7) is 0.835. The summed E-state index contributed by atoms with van der Waals surface area (Å²) in [5.74, 6) is -0.917. The summed E-state index contributed by atoms with van der Waals surface area (Å²) in [7, 11) is -4.16. The lowest BCUT2D eigenvalue weighted by Gasteiger charge is -2.12. The SMILES string of the molecule is NC[C@H](O)CCCCCCNc1cc(F)c(S(=O)(=O)Nc2ncns2)cc1Cl. The number of rotatable bonds is 12. The van der Waals surface area contributed by atoms with Crippen molar-refractivity contribution < 1.29 is 17.9 Å². The molecule has 2 rings (SSSR count). The molecule has 12 heteroatoms. The Morgan fingerprint density at radius 3 is 2.71 bits per heavy atom. The third-order valence-electron chi connectivity index (χ3n) is 3.95. The molecule has 5 N–H and O–H groups in total. The van der Waals surface area contributed by atoms with Gasteiger partial charge in [0.05, 0.1) is 16.8 Å². The van der Waals surface area contributed by atoms with Crippen LogP contribution in [0.25, 0.3) is 0 Å². The molecule has 0 unspecified atom stereocenters. The highest BCUT2D eigenvalue weighted by Crippen LogP contribution is 2.29. The highest BCUT2D eigenvalue weighted by Gasteiger charge is 2.22. The van der Waals surface area contributed by atoms with Crippen LogP contribution in [-0.2, 0) is 10.0 Å². The molecule has 1 heterocycles. The maximum absolute atomic E-state index is 14.4. The molecule has 1 atom stereocenters. The van der Waals surface area contributed by atoms with Crippen LogP contribution in [0.3, 0.4) is 0 Å². The fourth-order valence-electron chi connectivity index (χ4n) is 2.46. The molecule has 0 bridgehead atoms. The van der Waals surface area contributed by atoms with Gasteiger partial charge in [-0.25, -0.2) is 17.8 Å². The van der Waals surface area contributed by atoms with Crippen molar-refractivity contribution in [1.82, 2.24) is 9.36 Å². The zero-order valence-corrected chi connectivity index (χ0v) is 17.5. The molecule has 0 saturated heterocycles. The molecule has 156 valence electrons. The molecule has 0 radical (unpaired) electrons. The summed E-state index contributed by atoms with van der Waals surface area (Å²) in [6, 6.07) is 2.13. The van der Waals surface area contributed by atoms with E-state index >= 15 is 0 Å². The minimum Gasteiger partial charge on any atom is -0.392 e. The van der Waals surface area contributed by atoms with E-state index in [-0.39, 0.29) is 16.7 Å². The van der Waals surface area contributed by atoms with E-state index < -0.39 is 26.8 Å². The van der Waals surface area contributed by atoms with Gasteiger partial charge in [-0.3, -0.25) is 4.72 Å². The van der Waals surface area contributed by atoms with E-state index in [2.05, 4.69) is 19.4 Å². The second-order valence-corrected chi connectivity index (χ2v) is 8.97. The lowest BCUT2D eigenvalue weighted by Crippen LogP contribution is -2.19. The average molecular weight is 452 g/mol. The summed E-state index contributed by atoms with van der Waals surface area (Å²) >= 11 is 6.96. The zero-order chi connectivity index (χ0) is 20.6. The van der Waals surface area contributed by atoms with Crippen molar-refractivity contribution in [3.05, 3.63) is 29.3 Å². The van der Waals surface area contributed by atoms with E-state index in [1.54, 1.807) is 0 Å². The third-order valence-corrected chi connectivity index (χ3v) is 6.32. The van der Waals surface area contributed by atoms with E-state index in [0.29, 0.717) is 18.7 Å². The first-order valence-corrected chi connectivity index (χ1v) is 11.4. The molecule has 0 saturated carbocycles. The average Bonchev–Trinajstić information content (AvgIpc) is 3.15. The van der Waals surface area contributed by atoms with Crippen LogP contribution >= 0.6 is 23.1 Å². The van der Waals surface area contributed by atoms with Crippen LogP contribution in [0.15, 0.2) is 23.4 Å². The number of hydrogen-bond donors (Lipinski definition) is 4. The lowest BCUT2D eigenvalue weighted by atomic mass is 10.1. The molecule has 1 aromatic carbocycles. The third kappa shape index (κ3) is 6.82. The number of hydrogen-bond acceptors (Lipinski definition) is 8. The molecule has 0 aliphatic heterocycles. The molecule has 28 heavy (non-hydrogen) atoms. The van der Waals surface area contributed by atoms with Crippen molar-refractivity contribution in [2.75, 3.05) is 23.1 Å². The Kier molecular flexibility index (Phi) is 8.83. The Morgan fingerprint density at radius 1 is 1.29 bits per heavy atom. The summed E-state index contributed by atoms with van der Waals surface area (Å²) in [6.07, 6.45) is 5.03. The minimum absolute atomic E-state index is 0.0386. The van der Waals surface area contributed by atoms with Crippen molar-refractivity contribution >= 4 is 44.0 Å². The molecular weight excluding hydrogens is 429 g/mol. The number of aromatic nitrogens is 2. The lowest BCUT2D eigenvalue weighted by molar-refractivity contribution is 0.169. The molecule has 8 nitrogen and oxygen atoms in total. The number of unbranched alkanes of at least 4 members (excludes halogenated alkanes) is 3. The van der Waals surface area contributed by atoms with Crippen LogP contribution in [-0.4, -0.2) is 42.1 Å². The Bertz CT molecular complexity index is 852. The first-order chi connectivity index (χ1) is 13.3. The number of halogens is 2. The van der Waals surface area contributed by atoms with Crippen molar-refractivity contribution in [3.63, 3.8) is 0 Å². The first-order valence-electron chi connectivity index (χ1n) is 8.74. The number of nitrogens with one attached hydrogen (secondary N) is 2. The number of sulfonamides is 1. The van der Waals surface area contributed by atoms with Gasteiger partial charge < -0.3 is 16.2 Å². The standard InChI is InChI=1S/C16H23ClFN5O3S2/c17-12-7-15(28(25,26)23-16-21-10-22-27-16)13(18)8-14(12)20-6-4-2-1-3-5-11(24)9-19/h7-8,10-11,20,24H,1-6,9,19H2,(H,21,22,23)/t11-/m1/s1. The molecule has 0 amide bonds. The summed E-state index contributed by atoms with van der Waals surface area (Å²) in [4.78, 5) is 3.15. The molecule has 2 aromatic rings. The molecule has 0 aliphatic rings.